The smallest absolute Gasteiger partial charge is 0.161 e. The van der Waals surface area contributed by atoms with Gasteiger partial charge in [0.2, 0.25) is 0 Å². The van der Waals surface area contributed by atoms with Gasteiger partial charge in [-0.15, -0.1) is 0 Å². The highest BCUT2D eigenvalue weighted by Gasteiger charge is 2.28. The SMILES string of the molecule is CNC1CCCC1c1ccc2c(c1)OCCCO2. The summed E-state index contributed by atoms with van der Waals surface area (Å²) < 4.78 is 11.5. The molecule has 0 amide bonds. The van der Waals surface area contributed by atoms with Crippen LogP contribution in [-0.4, -0.2) is 26.3 Å². The van der Waals surface area contributed by atoms with Crippen molar-refractivity contribution in [2.75, 3.05) is 20.3 Å². The second-order valence-corrected chi connectivity index (χ2v) is 5.19. The van der Waals surface area contributed by atoms with Gasteiger partial charge in [-0.3, -0.25) is 0 Å². The molecule has 3 nitrogen and oxygen atoms in total. The van der Waals surface area contributed by atoms with Crippen molar-refractivity contribution in [3.8, 4) is 11.5 Å². The summed E-state index contributed by atoms with van der Waals surface area (Å²) in [5.74, 6) is 2.44. The Morgan fingerprint density at radius 2 is 1.89 bits per heavy atom. The van der Waals surface area contributed by atoms with Gasteiger partial charge in [-0.25, -0.2) is 0 Å². The van der Waals surface area contributed by atoms with E-state index < -0.39 is 0 Å². The van der Waals surface area contributed by atoms with Crippen LogP contribution in [-0.2, 0) is 0 Å². The van der Waals surface area contributed by atoms with Crippen LogP contribution in [0.15, 0.2) is 18.2 Å². The van der Waals surface area contributed by atoms with Crippen LogP contribution in [0.5, 0.6) is 11.5 Å². The highest BCUT2D eigenvalue weighted by molar-refractivity contribution is 5.45. The molecule has 1 aromatic carbocycles. The third-order valence-corrected chi connectivity index (χ3v) is 4.09. The molecular weight excluding hydrogens is 226 g/mol. The van der Waals surface area contributed by atoms with E-state index in [2.05, 4.69) is 30.6 Å². The van der Waals surface area contributed by atoms with Crippen molar-refractivity contribution in [3.63, 3.8) is 0 Å². The van der Waals surface area contributed by atoms with Gasteiger partial charge in [0.1, 0.15) is 0 Å². The number of ether oxygens (including phenoxy) is 2. The van der Waals surface area contributed by atoms with Crippen LogP contribution in [0.1, 0.15) is 37.2 Å². The minimum Gasteiger partial charge on any atom is -0.490 e. The summed E-state index contributed by atoms with van der Waals surface area (Å²) in [6, 6.07) is 7.06. The maximum absolute atomic E-state index is 5.77. The standard InChI is InChI=1S/C15H21NO2/c1-16-13-5-2-4-12(13)11-6-7-14-15(10-11)18-9-3-8-17-14/h6-7,10,12-13,16H,2-5,8-9H2,1H3. The van der Waals surface area contributed by atoms with Crippen molar-refractivity contribution in [1.82, 2.24) is 5.32 Å². The topological polar surface area (TPSA) is 30.5 Å². The normalized spacial score (nSPS) is 26.9. The first-order valence-electron chi connectivity index (χ1n) is 6.95. The van der Waals surface area contributed by atoms with Gasteiger partial charge in [0.25, 0.3) is 0 Å². The third kappa shape index (κ3) is 2.19. The van der Waals surface area contributed by atoms with Gasteiger partial charge >= 0.3 is 0 Å². The molecule has 2 aliphatic rings. The maximum atomic E-state index is 5.77. The molecule has 0 spiro atoms. The molecule has 2 atom stereocenters. The van der Waals surface area contributed by atoms with Crippen molar-refractivity contribution in [2.45, 2.75) is 37.6 Å². The lowest BCUT2D eigenvalue weighted by molar-refractivity contribution is 0.297. The van der Waals surface area contributed by atoms with E-state index >= 15 is 0 Å². The maximum Gasteiger partial charge on any atom is 0.161 e. The number of nitrogens with one attached hydrogen (secondary N) is 1. The van der Waals surface area contributed by atoms with E-state index in [1.807, 2.05) is 0 Å². The minimum absolute atomic E-state index is 0.606. The zero-order valence-electron chi connectivity index (χ0n) is 10.9. The summed E-state index contributed by atoms with van der Waals surface area (Å²) in [6.45, 7) is 1.52. The molecule has 0 bridgehead atoms. The number of fused-ring (bicyclic) bond motifs is 1. The van der Waals surface area contributed by atoms with Crippen LogP contribution in [0.4, 0.5) is 0 Å². The molecule has 0 radical (unpaired) electrons. The molecule has 1 aliphatic heterocycles. The largest absolute Gasteiger partial charge is 0.490 e. The van der Waals surface area contributed by atoms with Gasteiger partial charge in [-0.2, -0.15) is 0 Å². The highest BCUT2D eigenvalue weighted by Crippen LogP contribution is 2.39. The van der Waals surface area contributed by atoms with E-state index in [9.17, 15) is 0 Å². The summed E-state index contributed by atoms with van der Waals surface area (Å²) in [5.41, 5.74) is 1.39. The summed E-state index contributed by atoms with van der Waals surface area (Å²) in [5, 5.41) is 3.43. The Kier molecular flexibility index (Phi) is 3.41. The number of likely N-dealkylation sites (N-methyl/N-ethyl adjacent to an activating group) is 1. The Hall–Kier alpha value is -1.22. The second-order valence-electron chi connectivity index (χ2n) is 5.19. The predicted molar refractivity (Wildman–Crippen MR) is 71.5 cm³/mol. The average Bonchev–Trinajstić information content (AvgIpc) is 2.76. The van der Waals surface area contributed by atoms with Crippen LogP contribution in [0.2, 0.25) is 0 Å². The van der Waals surface area contributed by atoms with Crippen molar-refractivity contribution < 1.29 is 9.47 Å². The monoisotopic (exact) mass is 247 g/mol. The average molecular weight is 247 g/mol. The number of rotatable bonds is 2. The molecule has 3 heteroatoms. The zero-order chi connectivity index (χ0) is 12.4. The lowest BCUT2D eigenvalue weighted by Gasteiger charge is -2.20. The first kappa shape index (κ1) is 11.8. The zero-order valence-corrected chi connectivity index (χ0v) is 10.9. The van der Waals surface area contributed by atoms with E-state index in [0.717, 1.165) is 31.1 Å². The first-order chi connectivity index (χ1) is 8.88. The number of hydrogen-bond acceptors (Lipinski definition) is 3. The lowest BCUT2D eigenvalue weighted by Crippen LogP contribution is -2.27. The van der Waals surface area contributed by atoms with E-state index in [1.54, 1.807) is 0 Å². The highest BCUT2D eigenvalue weighted by atomic mass is 16.5. The second kappa shape index (κ2) is 5.19. The number of hydrogen-bond donors (Lipinski definition) is 1. The molecular formula is C15H21NO2. The molecule has 3 rings (SSSR count). The summed E-state index contributed by atoms with van der Waals surface area (Å²) in [6.07, 6.45) is 4.82. The lowest BCUT2D eigenvalue weighted by atomic mass is 9.94. The summed E-state index contributed by atoms with van der Waals surface area (Å²) in [7, 11) is 2.06. The van der Waals surface area contributed by atoms with Gasteiger partial charge in [0.05, 0.1) is 13.2 Å². The Bertz CT molecular complexity index is 419. The van der Waals surface area contributed by atoms with E-state index in [1.165, 1.54) is 24.8 Å². The first-order valence-corrected chi connectivity index (χ1v) is 6.95. The fourth-order valence-corrected chi connectivity index (χ4v) is 3.12. The van der Waals surface area contributed by atoms with Crippen LogP contribution < -0.4 is 14.8 Å². The fourth-order valence-electron chi connectivity index (χ4n) is 3.12. The van der Waals surface area contributed by atoms with Gasteiger partial charge in [-0.1, -0.05) is 12.5 Å². The molecule has 1 aliphatic carbocycles. The van der Waals surface area contributed by atoms with Crippen molar-refractivity contribution in [1.29, 1.82) is 0 Å². The number of benzene rings is 1. The molecule has 0 saturated heterocycles. The molecule has 18 heavy (non-hydrogen) atoms. The van der Waals surface area contributed by atoms with Gasteiger partial charge < -0.3 is 14.8 Å². The Balaban J connectivity index is 1.87. The van der Waals surface area contributed by atoms with Crippen LogP contribution in [0.3, 0.4) is 0 Å². The molecule has 1 saturated carbocycles. The molecule has 2 unspecified atom stereocenters. The molecule has 1 fully saturated rings. The van der Waals surface area contributed by atoms with Crippen LogP contribution in [0, 0.1) is 0 Å². The summed E-state index contributed by atoms with van der Waals surface area (Å²) in [4.78, 5) is 0. The fraction of sp³-hybridized carbons (Fsp3) is 0.600. The van der Waals surface area contributed by atoms with Gasteiger partial charge in [0.15, 0.2) is 11.5 Å². The van der Waals surface area contributed by atoms with Crippen LogP contribution >= 0.6 is 0 Å². The molecule has 1 N–H and O–H groups in total. The molecule has 0 aromatic heterocycles. The Morgan fingerprint density at radius 1 is 1.06 bits per heavy atom. The van der Waals surface area contributed by atoms with E-state index in [-0.39, 0.29) is 0 Å². The third-order valence-electron chi connectivity index (χ3n) is 4.09. The molecule has 1 aromatic rings. The Labute approximate surface area is 108 Å². The predicted octanol–water partition coefficient (Wildman–Crippen LogP) is 2.70. The van der Waals surface area contributed by atoms with E-state index in [4.69, 9.17) is 9.47 Å². The Morgan fingerprint density at radius 3 is 2.72 bits per heavy atom. The minimum atomic E-state index is 0.606. The molecule has 98 valence electrons. The molecule has 1 heterocycles. The van der Waals surface area contributed by atoms with Crippen molar-refractivity contribution in [3.05, 3.63) is 23.8 Å². The van der Waals surface area contributed by atoms with E-state index in [0.29, 0.717) is 12.0 Å². The summed E-state index contributed by atoms with van der Waals surface area (Å²) >= 11 is 0. The quantitative estimate of drug-likeness (QED) is 0.871. The van der Waals surface area contributed by atoms with Crippen molar-refractivity contribution in [2.24, 2.45) is 0 Å². The van der Waals surface area contributed by atoms with Gasteiger partial charge in [-0.05, 0) is 43.5 Å². The van der Waals surface area contributed by atoms with Gasteiger partial charge in [0, 0.05) is 12.5 Å². The van der Waals surface area contributed by atoms with Crippen molar-refractivity contribution >= 4 is 0 Å². The van der Waals surface area contributed by atoms with Crippen LogP contribution in [0.25, 0.3) is 0 Å².